The highest BCUT2D eigenvalue weighted by molar-refractivity contribution is 7.98. The Hall–Kier alpha value is -1.50. The van der Waals surface area contributed by atoms with Gasteiger partial charge >= 0.3 is 11.9 Å². The van der Waals surface area contributed by atoms with Crippen LogP contribution in [-0.4, -0.2) is 40.8 Å². The molecule has 1 aromatic rings. The van der Waals surface area contributed by atoms with Crippen molar-refractivity contribution < 1.29 is 19.1 Å². The lowest BCUT2D eigenvalue weighted by atomic mass is 10.0. The van der Waals surface area contributed by atoms with E-state index in [1.165, 1.54) is 7.11 Å². The number of aromatic nitrogens is 2. The normalized spacial score (nSPS) is 12.0. The number of nitrogens with zero attached hydrogens (tertiary/aromatic N) is 2. The molecule has 21 heavy (non-hydrogen) atoms. The molecule has 0 bridgehead atoms. The van der Waals surface area contributed by atoms with E-state index in [1.807, 2.05) is 26.2 Å². The Morgan fingerprint density at radius 2 is 2.14 bits per heavy atom. The lowest BCUT2D eigenvalue weighted by Gasteiger charge is -2.13. The second-order valence-electron chi connectivity index (χ2n) is 4.78. The summed E-state index contributed by atoms with van der Waals surface area (Å²) in [5.41, 5.74) is 1.79. The summed E-state index contributed by atoms with van der Waals surface area (Å²) in [7, 11) is 1.33. The molecule has 0 aromatic carbocycles. The van der Waals surface area contributed by atoms with E-state index in [0.29, 0.717) is 6.42 Å². The van der Waals surface area contributed by atoms with Crippen LogP contribution in [0.3, 0.4) is 0 Å². The summed E-state index contributed by atoms with van der Waals surface area (Å²) < 4.78 is 11.5. The highest BCUT2D eigenvalue weighted by atomic mass is 32.2. The van der Waals surface area contributed by atoms with Gasteiger partial charge in [-0.15, -0.1) is 0 Å². The van der Waals surface area contributed by atoms with Crippen LogP contribution in [0.15, 0.2) is 6.07 Å². The summed E-state index contributed by atoms with van der Waals surface area (Å²) >= 11 is 1.63. The Kier molecular flexibility index (Phi) is 7.28. The maximum absolute atomic E-state index is 11.9. The lowest BCUT2D eigenvalue weighted by molar-refractivity contribution is -0.155. The number of esters is 2. The summed E-state index contributed by atoms with van der Waals surface area (Å²) in [5.74, 6) is -0.439. The first-order valence-electron chi connectivity index (χ1n) is 6.71. The zero-order valence-electron chi connectivity index (χ0n) is 12.9. The van der Waals surface area contributed by atoms with Crippen molar-refractivity contribution in [1.29, 1.82) is 0 Å². The molecule has 1 unspecified atom stereocenters. The van der Waals surface area contributed by atoms with Crippen LogP contribution >= 0.6 is 11.8 Å². The average Bonchev–Trinajstić information content (AvgIpc) is 2.78. The van der Waals surface area contributed by atoms with Crippen molar-refractivity contribution in [2.45, 2.75) is 33.4 Å². The van der Waals surface area contributed by atoms with Crippen molar-refractivity contribution in [3.63, 3.8) is 0 Å². The van der Waals surface area contributed by atoms with Gasteiger partial charge in [-0.25, -0.2) is 4.68 Å². The Morgan fingerprint density at radius 3 is 2.67 bits per heavy atom. The first-order chi connectivity index (χ1) is 9.97. The van der Waals surface area contributed by atoms with Gasteiger partial charge in [-0.05, 0) is 38.3 Å². The molecule has 0 amide bonds. The van der Waals surface area contributed by atoms with Crippen molar-refractivity contribution in [3.05, 3.63) is 17.5 Å². The molecular formula is C14H22N2O4S. The van der Waals surface area contributed by atoms with E-state index in [9.17, 15) is 9.59 Å². The highest BCUT2D eigenvalue weighted by Gasteiger charge is 2.23. The molecule has 1 atom stereocenters. The molecule has 0 N–H and O–H groups in total. The van der Waals surface area contributed by atoms with Gasteiger partial charge in [0, 0.05) is 5.69 Å². The Bertz CT molecular complexity index is 487. The molecular weight excluding hydrogens is 292 g/mol. The number of carbonyl (C=O) groups excluding carboxylic acids is 2. The van der Waals surface area contributed by atoms with E-state index in [-0.39, 0.29) is 19.1 Å². The minimum Gasteiger partial charge on any atom is -0.469 e. The van der Waals surface area contributed by atoms with Crippen LogP contribution in [-0.2, 0) is 25.8 Å². The van der Waals surface area contributed by atoms with Crippen LogP contribution in [0.1, 0.15) is 24.2 Å². The fourth-order valence-corrected chi connectivity index (χ4v) is 2.45. The van der Waals surface area contributed by atoms with Gasteiger partial charge in [0.15, 0.2) is 6.73 Å². The van der Waals surface area contributed by atoms with Crippen LogP contribution in [0.25, 0.3) is 0 Å². The second-order valence-corrected chi connectivity index (χ2v) is 5.76. The van der Waals surface area contributed by atoms with Crippen LogP contribution in [0.4, 0.5) is 0 Å². The van der Waals surface area contributed by atoms with Crippen molar-refractivity contribution in [1.82, 2.24) is 9.78 Å². The third-order valence-electron chi connectivity index (χ3n) is 3.07. The minimum absolute atomic E-state index is 0.0343. The summed E-state index contributed by atoms with van der Waals surface area (Å²) in [5, 5.41) is 4.21. The summed E-state index contributed by atoms with van der Waals surface area (Å²) in [6.45, 7) is 3.83. The lowest BCUT2D eigenvalue weighted by Crippen LogP contribution is -2.22. The van der Waals surface area contributed by atoms with E-state index in [1.54, 1.807) is 16.4 Å². The molecule has 0 radical (unpaired) electrons. The predicted octanol–water partition coefficient (Wildman–Crippen LogP) is 1.93. The number of carbonyl (C=O) groups is 2. The molecule has 0 saturated carbocycles. The summed E-state index contributed by atoms with van der Waals surface area (Å²) in [6, 6.07) is 1.91. The molecule has 118 valence electrons. The second kappa shape index (κ2) is 8.71. The van der Waals surface area contributed by atoms with Gasteiger partial charge < -0.3 is 9.47 Å². The largest absolute Gasteiger partial charge is 0.469 e. The quantitative estimate of drug-likeness (QED) is 0.683. The third-order valence-corrected chi connectivity index (χ3v) is 3.71. The van der Waals surface area contributed by atoms with Crippen LogP contribution in [0, 0.1) is 19.8 Å². The Labute approximate surface area is 129 Å². The Morgan fingerprint density at radius 1 is 1.43 bits per heavy atom. The molecule has 7 heteroatoms. The van der Waals surface area contributed by atoms with E-state index in [2.05, 4.69) is 5.10 Å². The Balaban J connectivity index is 2.49. The molecule has 6 nitrogen and oxygen atoms in total. The van der Waals surface area contributed by atoms with Crippen molar-refractivity contribution in [2.24, 2.45) is 5.92 Å². The molecule has 0 saturated heterocycles. The first kappa shape index (κ1) is 17.6. The molecule has 0 aliphatic rings. The fourth-order valence-electron chi connectivity index (χ4n) is 1.93. The van der Waals surface area contributed by atoms with E-state index < -0.39 is 11.9 Å². The maximum Gasteiger partial charge on any atom is 0.309 e. The van der Waals surface area contributed by atoms with Crippen molar-refractivity contribution in [3.8, 4) is 0 Å². The SMILES string of the molecule is COC(=O)C(CCSC)CC(=O)OCn1nc(C)cc1C. The molecule has 0 spiro atoms. The van der Waals surface area contributed by atoms with Gasteiger partial charge in [-0.2, -0.15) is 16.9 Å². The van der Waals surface area contributed by atoms with E-state index >= 15 is 0 Å². The average molecular weight is 314 g/mol. The number of thioether (sulfide) groups is 1. The third kappa shape index (κ3) is 5.79. The van der Waals surface area contributed by atoms with Crippen molar-refractivity contribution >= 4 is 23.7 Å². The number of rotatable bonds is 8. The molecule has 0 aliphatic carbocycles. The predicted molar refractivity (Wildman–Crippen MR) is 80.9 cm³/mol. The summed E-state index contributed by atoms with van der Waals surface area (Å²) in [6.07, 6.45) is 2.59. The van der Waals surface area contributed by atoms with E-state index in [0.717, 1.165) is 17.1 Å². The smallest absolute Gasteiger partial charge is 0.309 e. The standard InChI is InChI=1S/C14H22N2O4S/c1-10-7-11(2)16(15-10)9-20-13(17)8-12(5-6-21-4)14(18)19-3/h7,12H,5-6,8-9H2,1-4H3. The first-order valence-corrected chi connectivity index (χ1v) is 8.10. The minimum atomic E-state index is -0.449. The van der Waals surface area contributed by atoms with Gasteiger partial charge in [-0.1, -0.05) is 0 Å². The number of aryl methyl sites for hydroxylation is 2. The molecule has 1 rings (SSSR count). The van der Waals surface area contributed by atoms with Crippen LogP contribution in [0.2, 0.25) is 0 Å². The van der Waals surface area contributed by atoms with Crippen LogP contribution in [0.5, 0.6) is 0 Å². The summed E-state index contributed by atoms with van der Waals surface area (Å²) in [4.78, 5) is 23.5. The van der Waals surface area contributed by atoms with Gasteiger partial charge in [0.25, 0.3) is 0 Å². The monoisotopic (exact) mass is 314 g/mol. The molecule has 0 fully saturated rings. The molecule has 1 heterocycles. The van der Waals surface area contributed by atoms with Crippen molar-refractivity contribution in [2.75, 3.05) is 19.1 Å². The topological polar surface area (TPSA) is 70.4 Å². The molecule has 0 aliphatic heterocycles. The van der Waals surface area contributed by atoms with Gasteiger partial charge in [-0.3, -0.25) is 9.59 Å². The maximum atomic E-state index is 11.9. The number of hydrogen-bond donors (Lipinski definition) is 0. The zero-order valence-corrected chi connectivity index (χ0v) is 13.7. The van der Waals surface area contributed by atoms with Gasteiger partial charge in [0.1, 0.15) is 0 Å². The molecule has 1 aromatic heterocycles. The fraction of sp³-hybridized carbons (Fsp3) is 0.643. The van der Waals surface area contributed by atoms with E-state index in [4.69, 9.17) is 9.47 Å². The van der Waals surface area contributed by atoms with Gasteiger partial charge in [0.2, 0.25) is 0 Å². The van der Waals surface area contributed by atoms with Gasteiger partial charge in [0.05, 0.1) is 25.1 Å². The van der Waals surface area contributed by atoms with Crippen LogP contribution < -0.4 is 0 Å². The number of hydrogen-bond acceptors (Lipinski definition) is 6. The number of methoxy groups -OCH3 is 1. The zero-order chi connectivity index (χ0) is 15.8. The number of ether oxygens (including phenoxy) is 2. The highest BCUT2D eigenvalue weighted by Crippen LogP contribution is 2.15.